The fourth-order valence-corrected chi connectivity index (χ4v) is 5.14. The number of aryl methyl sites for hydroxylation is 1. The number of hydrogen-bond acceptors (Lipinski definition) is 4. The molecule has 0 saturated carbocycles. The first kappa shape index (κ1) is 22.3. The number of benzene rings is 1. The van der Waals surface area contributed by atoms with Crippen LogP contribution in [0, 0.1) is 6.92 Å². The van der Waals surface area contributed by atoms with Crippen molar-refractivity contribution in [2.75, 3.05) is 39.4 Å². The van der Waals surface area contributed by atoms with Gasteiger partial charge in [-0.1, -0.05) is 17.7 Å². The van der Waals surface area contributed by atoms with Crippen LogP contribution in [0.15, 0.2) is 60.9 Å². The number of pyridine rings is 1. The molecule has 0 aliphatic carbocycles. The highest BCUT2D eigenvalue weighted by Crippen LogP contribution is 2.39. The lowest BCUT2D eigenvalue weighted by molar-refractivity contribution is 0.0349. The van der Waals surface area contributed by atoms with Gasteiger partial charge in [-0.3, -0.25) is 9.88 Å². The van der Waals surface area contributed by atoms with Crippen molar-refractivity contribution in [3.8, 4) is 5.69 Å². The summed E-state index contributed by atoms with van der Waals surface area (Å²) in [5, 5.41) is 5.10. The molecule has 0 unspecified atom stereocenters. The summed E-state index contributed by atoms with van der Waals surface area (Å²) in [6.07, 6.45) is 3.95. The number of ether oxygens (including phenoxy) is 1. The molecule has 2 fully saturated rings. The number of nitrogens with zero attached hydrogens (tertiary/aromatic N) is 4. The van der Waals surface area contributed by atoms with E-state index >= 15 is 0 Å². The van der Waals surface area contributed by atoms with E-state index < -0.39 is 0 Å². The number of morpholine rings is 1. The lowest BCUT2D eigenvalue weighted by Crippen LogP contribution is -2.42. The molecule has 4 heterocycles. The predicted octanol–water partition coefficient (Wildman–Crippen LogP) is 4.14. The zero-order valence-corrected chi connectivity index (χ0v) is 20.2. The second kappa shape index (κ2) is 9.81. The first-order valence-electron chi connectivity index (χ1n) is 11.3. The van der Waals surface area contributed by atoms with Gasteiger partial charge in [0.05, 0.1) is 31.0 Å². The summed E-state index contributed by atoms with van der Waals surface area (Å²) in [6.45, 7) is 7.32. The zero-order valence-electron chi connectivity index (χ0n) is 18.7. The molecule has 8 heteroatoms. The van der Waals surface area contributed by atoms with Gasteiger partial charge in [0.15, 0.2) is 5.11 Å². The summed E-state index contributed by atoms with van der Waals surface area (Å²) in [4.78, 5) is 9.43. The van der Waals surface area contributed by atoms with Crippen LogP contribution in [0.4, 0.5) is 0 Å². The van der Waals surface area contributed by atoms with E-state index in [4.69, 9.17) is 28.6 Å². The van der Waals surface area contributed by atoms with Crippen LogP contribution < -0.4 is 5.32 Å². The Labute approximate surface area is 205 Å². The molecule has 33 heavy (non-hydrogen) atoms. The van der Waals surface area contributed by atoms with Crippen LogP contribution in [-0.4, -0.2) is 63.9 Å². The zero-order chi connectivity index (χ0) is 22.8. The Morgan fingerprint density at radius 2 is 1.97 bits per heavy atom. The highest BCUT2D eigenvalue weighted by Gasteiger charge is 2.41. The molecule has 0 amide bonds. The van der Waals surface area contributed by atoms with Gasteiger partial charge >= 0.3 is 0 Å². The van der Waals surface area contributed by atoms with Crippen molar-refractivity contribution < 1.29 is 4.74 Å². The average molecular weight is 482 g/mol. The molecular formula is C25H28ClN5OS. The molecule has 1 aromatic carbocycles. The quantitative estimate of drug-likeness (QED) is 0.534. The number of nitrogens with one attached hydrogen (secondary N) is 1. The topological polar surface area (TPSA) is 45.6 Å². The molecular weight excluding hydrogens is 454 g/mol. The summed E-state index contributed by atoms with van der Waals surface area (Å²) >= 11 is 12.2. The highest BCUT2D eigenvalue weighted by atomic mass is 35.5. The fourth-order valence-electron chi connectivity index (χ4n) is 4.69. The van der Waals surface area contributed by atoms with Crippen LogP contribution in [-0.2, 0) is 4.74 Å². The maximum Gasteiger partial charge on any atom is 0.170 e. The van der Waals surface area contributed by atoms with E-state index in [9.17, 15) is 0 Å². The normalized spacial score (nSPS) is 21.4. The van der Waals surface area contributed by atoms with Gasteiger partial charge in [-0.2, -0.15) is 0 Å². The second-order valence-electron chi connectivity index (χ2n) is 8.51. The van der Waals surface area contributed by atoms with Gasteiger partial charge in [0.1, 0.15) is 0 Å². The van der Waals surface area contributed by atoms with Crippen LogP contribution >= 0.6 is 23.8 Å². The van der Waals surface area contributed by atoms with E-state index in [-0.39, 0.29) is 12.1 Å². The highest BCUT2D eigenvalue weighted by molar-refractivity contribution is 7.80. The molecule has 2 atom stereocenters. The lowest BCUT2D eigenvalue weighted by atomic mass is 10.0. The monoisotopic (exact) mass is 481 g/mol. The Balaban J connectivity index is 1.51. The van der Waals surface area contributed by atoms with Crippen molar-refractivity contribution in [2.24, 2.45) is 0 Å². The molecule has 2 aliphatic heterocycles. The third-order valence-electron chi connectivity index (χ3n) is 6.46. The Morgan fingerprint density at radius 3 is 2.73 bits per heavy atom. The van der Waals surface area contributed by atoms with Crippen LogP contribution in [0.1, 0.15) is 29.0 Å². The molecule has 6 nitrogen and oxygen atoms in total. The van der Waals surface area contributed by atoms with Crippen LogP contribution in [0.3, 0.4) is 0 Å². The van der Waals surface area contributed by atoms with Crippen LogP contribution in [0.25, 0.3) is 5.69 Å². The summed E-state index contributed by atoms with van der Waals surface area (Å²) in [7, 11) is 0. The largest absolute Gasteiger partial charge is 0.379 e. The summed E-state index contributed by atoms with van der Waals surface area (Å²) in [6, 6.07) is 16.4. The third-order valence-corrected chi connectivity index (χ3v) is 7.24. The van der Waals surface area contributed by atoms with Gasteiger partial charge in [-0.25, -0.2) is 0 Å². The number of rotatable bonds is 6. The van der Waals surface area contributed by atoms with Crippen molar-refractivity contribution in [3.63, 3.8) is 0 Å². The molecule has 3 aromatic rings. The van der Waals surface area contributed by atoms with E-state index in [0.29, 0.717) is 0 Å². The minimum absolute atomic E-state index is 0.0134. The van der Waals surface area contributed by atoms with Crippen molar-refractivity contribution in [1.29, 1.82) is 0 Å². The van der Waals surface area contributed by atoms with Gasteiger partial charge in [-0.05, 0) is 67.2 Å². The SMILES string of the molecule is Cc1cc(-n2cccc2[C@@H]2[C@H](c3ccccn3)NC(=S)N2CCN2CCOCC2)ccc1Cl. The standard InChI is InChI=1S/C25H28ClN5OS/c1-18-17-19(7-8-20(18)26)30-10-4-6-22(30)24-23(21-5-2-3-9-27-21)28-25(33)31(24)12-11-29-13-15-32-16-14-29/h2-10,17,23-24H,11-16H2,1H3,(H,28,33)/t23-,24+/m0/s1. The van der Waals surface area contributed by atoms with Crippen LogP contribution in [0.2, 0.25) is 5.02 Å². The summed E-state index contributed by atoms with van der Waals surface area (Å²) < 4.78 is 7.75. The van der Waals surface area contributed by atoms with Crippen molar-refractivity contribution in [1.82, 2.24) is 24.7 Å². The number of thiocarbonyl (C=S) groups is 1. The molecule has 1 N–H and O–H groups in total. The summed E-state index contributed by atoms with van der Waals surface area (Å²) in [5.74, 6) is 0. The minimum atomic E-state index is -0.0366. The Bertz CT molecular complexity index is 1110. The molecule has 172 valence electrons. The van der Waals surface area contributed by atoms with E-state index in [1.165, 1.54) is 5.69 Å². The lowest BCUT2D eigenvalue weighted by Gasteiger charge is -2.32. The molecule has 2 aromatic heterocycles. The molecule has 0 bridgehead atoms. The summed E-state index contributed by atoms with van der Waals surface area (Å²) in [5.41, 5.74) is 4.29. The number of aromatic nitrogens is 2. The number of halogens is 1. The van der Waals surface area contributed by atoms with E-state index in [2.05, 4.69) is 61.2 Å². The molecule has 2 aliphatic rings. The second-order valence-corrected chi connectivity index (χ2v) is 9.30. The van der Waals surface area contributed by atoms with Crippen LogP contribution in [0.5, 0.6) is 0 Å². The Hall–Kier alpha value is -2.45. The van der Waals surface area contributed by atoms with Crippen molar-refractivity contribution in [3.05, 3.63) is 82.9 Å². The van der Waals surface area contributed by atoms with Gasteiger partial charge in [0.25, 0.3) is 0 Å². The predicted molar refractivity (Wildman–Crippen MR) is 135 cm³/mol. The van der Waals surface area contributed by atoms with Gasteiger partial charge in [-0.15, -0.1) is 0 Å². The van der Waals surface area contributed by atoms with Gasteiger partial charge < -0.3 is 19.5 Å². The molecule has 5 rings (SSSR count). The van der Waals surface area contributed by atoms with Gasteiger partial charge in [0.2, 0.25) is 0 Å². The molecule has 2 saturated heterocycles. The van der Waals surface area contributed by atoms with Crippen molar-refractivity contribution in [2.45, 2.75) is 19.0 Å². The molecule has 0 spiro atoms. The van der Waals surface area contributed by atoms with E-state index in [0.717, 1.165) is 66.5 Å². The average Bonchev–Trinajstić information content (AvgIpc) is 3.45. The molecule has 0 radical (unpaired) electrons. The maximum atomic E-state index is 6.30. The Kier molecular flexibility index (Phi) is 6.64. The maximum absolute atomic E-state index is 6.30. The smallest absolute Gasteiger partial charge is 0.170 e. The van der Waals surface area contributed by atoms with Gasteiger partial charge in [0, 0.05) is 55.0 Å². The third kappa shape index (κ3) is 4.64. The van der Waals surface area contributed by atoms with E-state index in [1.54, 1.807) is 0 Å². The van der Waals surface area contributed by atoms with Crippen molar-refractivity contribution >= 4 is 28.9 Å². The first-order valence-corrected chi connectivity index (χ1v) is 12.1. The minimum Gasteiger partial charge on any atom is -0.379 e. The fraction of sp³-hybridized carbons (Fsp3) is 0.360. The Morgan fingerprint density at radius 1 is 1.12 bits per heavy atom. The first-order chi connectivity index (χ1) is 16.1. The number of hydrogen-bond donors (Lipinski definition) is 1. The van der Waals surface area contributed by atoms with E-state index in [1.807, 2.05) is 31.3 Å².